The lowest BCUT2D eigenvalue weighted by atomic mass is 9.65. The van der Waals surface area contributed by atoms with Crippen LogP contribution >= 0.6 is 22.6 Å². The summed E-state index contributed by atoms with van der Waals surface area (Å²) in [4.78, 5) is 0. The van der Waals surface area contributed by atoms with Crippen LogP contribution in [0.3, 0.4) is 0 Å². The maximum absolute atomic E-state index is 12.9. The SMILES string of the molecule is FC(F)(F)C(F)(F)C[C@@H]1[C@@H](CI)C(F)(F)C1(F)F. The van der Waals surface area contributed by atoms with Crippen LogP contribution in [0.15, 0.2) is 0 Å². The van der Waals surface area contributed by atoms with Crippen molar-refractivity contribution < 1.29 is 39.5 Å². The second-order valence-electron chi connectivity index (χ2n) is 4.02. The van der Waals surface area contributed by atoms with E-state index in [2.05, 4.69) is 0 Å². The molecule has 0 spiro atoms. The summed E-state index contributed by atoms with van der Waals surface area (Å²) in [7, 11) is 0. The van der Waals surface area contributed by atoms with Gasteiger partial charge in [0.25, 0.3) is 0 Å². The summed E-state index contributed by atoms with van der Waals surface area (Å²) in [6, 6.07) is 0. The fourth-order valence-corrected chi connectivity index (χ4v) is 2.94. The molecule has 0 aromatic heterocycles. The van der Waals surface area contributed by atoms with Crippen LogP contribution < -0.4 is 0 Å². The molecule has 1 aliphatic rings. The summed E-state index contributed by atoms with van der Waals surface area (Å²) < 4.78 is 112. The van der Waals surface area contributed by atoms with E-state index in [9.17, 15) is 39.5 Å². The average Bonchev–Trinajstić information content (AvgIpc) is 2.14. The number of rotatable bonds is 3. The van der Waals surface area contributed by atoms with Crippen molar-refractivity contribution >= 4 is 22.6 Å². The van der Waals surface area contributed by atoms with Gasteiger partial charge in [-0.3, -0.25) is 0 Å². The first kappa shape index (κ1) is 16.2. The maximum atomic E-state index is 12.9. The van der Waals surface area contributed by atoms with Crippen LogP contribution in [0, 0.1) is 11.8 Å². The molecule has 1 rings (SSSR count). The van der Waals surface area contributed by atoms with E-state index in [0.29, 0.717) is 0 Å². The standard InChI is InChI=1S/C8H6F9I/c9-5(10,8(15,16)17)1-3-4(2-18)7(13,14)6(3,11)12/h3-4H,1-2H2/t3-,4-/m1/s1. The van der Waals surface area contributed by atoms with Gasteiger partial charge in [-0.15, -0.1) is 0 Å². The van der Waals surface area contributed by atoms with Crippen LogP contribution in [0.5, 0.6) is 0 Å². The highest BCUT2D eigenvalue weighted by atomic mass is 127. The minimum atomic E-state index is -6.02. The molecule has 0 aliphatic heterocycles. The van der Waals surface area contributed by atoms with Gasteiger partial charge in [0.1, 0.15) is 0 Å². The predicted octanol–water partition coefficient (Wildman–Crippen LogP) is 4.53. The van der Waals surface area contributed by atoms with E-state index in [-0.39, 0.29) is 0 Å². The first-order valence-corrected chi connectivity index (χ1v) is 6.07. The Labute approximate surface area is 109 Å². The highest BCUT2D eigenvalue weighted by Gasteiger charge is 2.79. The van der Waals surface area contributed by atoms with Crippen molar-refractivity contribution in [1.82, 2.24) is 0 Å². The van der Waals surface area contributed by atoms with Gasteiger partial charge in [0.2, 0.25) is 0 Å². The first-order valence-electron chi connectivity index (χ1n) is 4.55. The third-order valence-corrected chi connectivity index (χ3v) is 3.87. The molecule has 108 valence electrons. The molecule has 0 aromatic rings. The molecule has 0 unspecified atom stereocenters. The van der Waals surface area contributed by atoms with E-state index in [4.69, 9.17) is 0 Å². The highest BCUT2D eigenvalue weighted by molar-refractivity contribution is 14.1. The van der Waals surface area contributed by atoms with Crippen molar-refractivity contribution in [1.29, 1.82) is 0 Å². The number of hydrogen-bond acceptors (Lipinski definition) is 0. The van der Waals surface area contributed by atoms with Crippen molar-refractivity contribution in [2.45, 2.75) is 30.4 Å². The zero-order valence-electron chi connectivity index (χ0n) is 8.35. The largest absolute Gasteiger partial charge is 0.453 e. The molecule has 0 bridgehead atoms. The van der Waals surface area contributed by atoms with E-state index in [0.717, 1.165) is 0 Å². The fourth-order valence-electron chi connectivity index (χ4n) is 1.77. The van der Waals surface area contributed by atoms with Gasteiger partial charge >= 0.3 is 23.9 Å². The van der Waals surface area contributed by atoms with E-state index >= 15 is 0 Å². The van der Waals surface area contributed by atoms with Gasteiger partial charge < -0.3 is 0 Å². The minimum absolute atomic E-state index is 0.626. The topological polar surface area (TPSA) is 0 Å². The van der Waals surface area contributed by atoms with E-state index in [1.807, 2.05) is 0 Å². The molecule has 0 N–H and O–H groups in total. The Bertz CT molecular complexity index is 319. The Morgan fingerprint density at radius 1 is 0.833 bits per heavy atom. The highest BCUT2D eigenvalue weighted by Crippen LogP contribution is 2.63. The van der Waals surface area contributed by atoms with Crippen LogP contribution in [0.25, 0.3) is 0 Å². The maximum Gasteiger partial charge on any atom is 0.453 e. The van der Waals surface area contributed by atoms with Crippen LogP contribution in [-0.2, 0) is 0 Å². The molecular formula is C8H6F9I. The Morgan fingerprint density at radius 3 is 1.56 bits per heavy atom. The Hall–Kier alpha value is 0.1000. The lowest BCUT2D eigenvalue weighted by Crippen LogP contribution is -2.68. The molecule has 10 heteroatoms. The molecule has 0 aromatic carbocycles. The van der Waals surface area contributed by atoms with Crippen molar-refractivity contribution in [3.63, 3.8) is 0 Å². The predicted molar refractivity (Wildman–Crippen MR) is 51.4 cm³/mol. The van der Waals surface area contributed by atoms with Gasteiger partial charge in [0.05, 0.1) is 0 Å². The molecule has 0 saturated heterocycles. The number of halogens is 10. The zero-order valence-corrected chi connectivity index (χ0v) is 10.5. The van der Waals surface area contributed by atoms with Gasteiger partial charge in [-0.05, 0) is 0 Å². The van der Waals surface area contributed by atoms with Crippen molar-refractivity contribution in [3.05, 3.63) is 0 Å². The third kappa shape index (κ3) is 2.17. The summed E-state index contributed by atoms with van der Waals surface area (Å²) in [5, 5.41) is 0. The molecule has 0 amide bonds. The summed E-state index contributed by atoms with van der Waals surface area (Å²) in [6.07, 6.45) is -8.35. The van der Waals surface area contributed by atoms with Gasteiger partial charge in [-0.25, -0.2) is 0 Å². The lowest BCUT2D eigenvalue weighted by molar-refractivity contribution is -0.370. The van der Waals surface area contributed by atoms with E-state index in [1.165, 1.54) is 22.6 Å². The second-order valence-corrected chi connectivity index (χ2v) is 4.90. The van der Waals surface area contributed by atoms with Crippen LogP contribution in [0.2, 0.25) is 0 Å². The Morgan fingerprint density at radius 2 is 1.22 bits per heavy atom. The second kappa shape index (κ2) is 4.30. The van der Waals surface area contributed by atoms with Crippen LogP contribution in [-0.4, -0.2) is 28.4 Å². The van der Waals surface area contributed by atoms with Crippen molar-refractivity contribution in [3.8, 4) is 0 Å². The van der Waals surface area contributed by atoms with E-state index in [1.54, 1.807) is 0 Å². The Balaban J connectivity index is 2.92. The van der Waals surface area contributed by atoms with E-state index < -0.39 is 46.6 Å². The van der Waals surface area contributed by atoms with Crippen molar-refractivity contribution in [2.24, 2.45) is 11.8 Å². The summed E-state index contributed by atoms with van der Waals surface area (Å²) in [5.41, 5.74) is 0. The number of hydrogen-bond donors (Lipinski definition) is 0. The molecule has 0 heterocycles. The monoisotopic (exact) mass is 400 g/mol. The molecule has 1 aliphatic carbocycles. The third-order valence-electron chi connectivity index (χ3n) is 2.92. The average molecular weight is 400 g/mol. The molecule has 2 atom stereocenters. The minimum Gasteiger partial charge on any atom is -0.200 e. The van der Waals surface area contributed by atoms with Gasteiger partial charge in [0, 0.05) is 22.7 Å². The van der Waals surface area contributed by atoms with Crippen LogP contribution in [0.4, 0.5) is 39.5 Å². The normalized spacial score (nSPS) is 31.0. The summed E-state index contributed by atoms with van der Waals surface area (Å²) >= 11 is 1.25. The summed E-state index contributed by atoms with van der Waals surface area (Å²) in [6.45, 7) is 0. The molecule has 0 radical (unpaired) electrons. The van der Waals surface area contributed by atoms with Crippen LogP contribution in [0.1, 0.15) is 6.42 Å². The molecule has 0 nitrogen and oxygen atoms in total. The summed E-state index contributed by atoms with van der Waals surface area (Å²) in [5.74, 6) is -19.6. The number of alkyl halides is 10. The smallest absolute Gasteiger partial charge is 0.200 e. The van der Waals surface area contributed by atoms with Crippen molar-refractivity contribution in [2.75, 3.05) is 4.43 Å². The molecule has 1 saturated carbocycles. The zero-order chi connectivity index (χ0) is 14.6. The van der Waals surface area contributed by atoms with Gasteiger partial charge in [-0.1, -0.05) is 22.6 Å². The Kier molecular flexibility index (Phi) is 3.86. The van der Waals surface area contributed by atoms with Gasteiger partial charge in [0.15, 0.2) is 0 Å². The molecule has 1 fully saturated rings. The molecular weight excluding hydrogens is 394 g/mol. The van der Waals surface area contributed by atoms with Gasteiger partial charge in [-0.2, -0.15) is 39.5 Å². The quantitative estimate of drug-likeness (QED) is 0.371. The molecule has 18 heavy (non-hydrogen) atoms. The first-order chi connectivity index (χ1) is 7.79. The lowest BCUT2D eigenvalue weighted by Gasteiger charge is -2.51. The fraction of sp³-hybridized carbons (Fsp3) is 1.00.